The van der Waals surface area contributed by atoms with Gasteiger partial charge in [-0.3, -0.25) is 0 Å². The molecule has 6 heteroatoms. The summed E-state index contributed by atoms with van der Waals surface area (Å²) in [7, 11) is 0. The molecule has 1 unspecified atom stereocenters. The van der Waals surface area contributed by atoms with Crippen LogP contribution in [-0.2, 0) is 0 Å². The summed E-state index contributed by atoms with van der Waals surface area (Å²) in [5.41, 5.74) is 11.3. The molecule has 0 bridgehead atoms. The highest BCUT2D eigenvalue weighted by Gasteiger charge is 2.17. The zero-order valence-electron chi connectivity index (χ0n) is 7.87. The van der Waals surface area contributed by atoms with Crippen LogP contribution in [0.3, 0.4) is 0 Å². The van der Waals surface area contributed by atoms with Crippen LogP contribution in [0.25, 0.3) is 0 Å². The molecule has 1 rings (SSSR count). The zero-order chi connectivity index (χ0) is 10.7. The maximum absolute atomic E-state index is 9.65. The Kier molecular flexibility index (Phi) is 3.62. The summed E-state index contributed by atoms with van der Waals surface area (Å²) in [6, 6.07) is 0. The number of nitrogens with two attached hydrogens (primary N) is 2. The molecule has 1 heterocycles. The molecule has 0 aliphatic heterocycles. The van der Waals surface area contributed by atoms with Crippen molar-refractivity contribution < 1.29 is 5.11 Å². The van der Waals surface area contributed by atoms with Gasteiger partial charge in [0, 0.05) is 0 Å². The third-order valence-corrected chi connectivity index (χ3v) is 2.10. The van der Waals surface area contributed by atoms with Gasteiger partial charge in [0.05, 0.1) is 11.7 Å². The molecule has 1 aromatic rings. The lowest BCUT2D eigenvalue weighted by Gasteiger charge is -2.13. The number of aromatic nitrogens is 2. The minimum atomic E-state index is -0.798. The van der Waals surface area contributed by atoms with Gasteiger partial charge in [-0.05, 0) is 19.9 Å². The highest BCUT2D eigenvalue weighted by atomic mass is 35.5. The molecule has 0 saturated carbocycles. The van der Waals surface area contributed by atoms with Gasteiger partial charge < -0.3 is 16.6 Å². The second-order valence-electron chi connectivity index (χ2n) is 2.95. The molecule has 0 aromatic carbocycles. The van der Waals surface area contributed by atoms with Crippen LogP contribution in [0.5, 0.6) is 0 Å². The van der Waals surface area contributed by atoms with Crippen LogP contribution in [0.4, 0.5) is 5.82 Å². The topological polar surface area (TPSA) is 98.0 Å². The molecule has 0 aliphatic rings. The summed E-state index contributed by atoms with van der Waals surface area (Å²) < 4.78 is 0. The van der Waals surface area contributed by atoms with Crippen LogP contribution in [-0.4, -0.2) is 21.6 Å². The molecule has 5 N–H and O–H groups in total. The average Bonchev–Trinajstić information content (AvgIpc) is 2.01. The second-order valence-corrected chi connectivity index (χ2v) is 3.31. The van der Waals surface area contributed by atoms with Crippen LogP contribution < -0.4 is 11.5 Å². The molecule has 14 heavy (non-hydrogen) atoms. The molecule has 0 radical (unpaired) electrons. The van der Waals surface area contributed by atoms with E-state index in [4.69, 9.17) is 23.1 Å². The first kappa shape index (κ1) is 11.2. The first-order valence-electron chi connectivity index (χ1n) is 4.24. The minimum absolute atomic E-state index is 0.191. The Labute approximate surface area is 87.1 Å². The molecule has 0 saturated heterocycles. The van der Waals surface area contributed by atoms with Crippen molar-refractivity contribution in [3.05, 3.63) is 16.5 Å². The van der Waals surface area contributed by atoms with Gasteiger partial charge in [0.25, 0.3) is 0 Å². The van der Waals surface area contributed by atoms with Crippen molar-refractivity contribution in [2.24, 2.45) is 5.73 Å². The van der Waals surface area contributed by atoms with Crippen LogP contribution in [0.2, 0.25) is 5.15 Å². The van der Waals surface area contributed by atoms with Crippen LogP contribution in [0.1, 0.15) is 23.9 Å². The molecule has 0 spiro atoms. The van der Waals surface area contributed by atoms with Gasteiger partial charge in [-0.25, -0.2) is 9.97 Å². The van der Waals surface area contributed by atoms with E-state index in [0.717, 1.165) is 0 Å². The second kappa shape index (κ2) is 4.54. The highest BCUT2D eigenvalue weighted by Crippen LogP contribution is 2.27. The Morgan fingerprint density at radius 1 is 1.50 bits per heavy atom. The molecule has 5 nitrogen and oxygen atoms in total. The minimum Gasteiger partial charge on any atom is -0.388 e. The maximum atomic E-state index is 9.65. The van der Waals surface area contributed by atoms with Crippen molar-refractivity contribution in [2.45, 2.75) is 19.4 Å². The Morgan fingerprint density at radius 2 is 2.14 bits per heavy atom. The fraction of sp³-hybridized carbons (Fsp3) is 0.500. The van der Waals surface area contributed by atoms with Crippen LogP contribution >= 0.6 is 11.6 Å². The van der Waals surface area contributed by atoms with E-state index in [9.17, 15) is 5.11 Å². The summed E-state index contributed by atoms with van der Waals surface area (Å²) in [6.45, 7) is 2.03. The van der Waals surface area contributed by atoms with E-state index in [2.05, 4.69) is 9.97 Å². The van der Waals surface area contributed by atoms with E-state index < -0.39 is 6.10 Å². The molecule has 0 fully saturated rings. The third kappa shape index (κ3) is 2.31. The number of nitrogen functional groups attached to an aromatic ring is 1. The fourth-order valence-corrected chi connectivity index (χ4v) is 1.52. The SMILES string of the molecule is Cc1nc(N)c(C(O)CCN)c(Cl)n1. The Balaban J connectivity index is 3.07. The monoisotopic (exact) mass is 216 g/mol. The van der Waals surface area contributed by atoms with Crippen molar-refractivity contribution in [3.63, 3.8) is 0 Å². The fourth-order valence-electron chi connectivity index (χ4n) is 1.18. The Hall–Kier alpha value is -0.910. The van der Waals surface area contributed by atoms with Crippen LogP contribution in [0, 0.1) is 6.92 Å². The van der Waals surface area contributed by atoms with Crippen molar-refractivity contribution in [2.75, 3.05) is 12.3 Å². The Bertz CT molecular complexity index is 308. The van der Waals surface area contributed by atoms with E-state index in [1.165, 1.54) is 0 Å². The molecular weight excluding hydrogens is 204 g/mol. The smallest absolute Gasteiger partial charge is 0.140 e. The quantitative estimate of drug-likeness (QED) is 0.636. The predicted molar refractivity (Wildman–Crippen MR) is 54.8 cm³/mol. The predicted octanol–water partition coefficient (Wildman–Crippen LogP) is 0.403. The largest absolute Gasteiger partial charge is 0.388 e. The highest BCUT2D eigenvalue weighted by molar-refractivity contribution is 6.30. The number of rotatable bonds is 3. The van der Waals surface area contributed by atoms with Crippen molar-refractivity contribution in [1.29, 1.82) is 0 Å². The number of halogens is 1. The van der Waals surface area contributed by atoms with Gasteiger partial charge >= 0.3 is 0 Å². The molecule has 1 atom stereocenters. The summed E-state index contributed by atoms with van der Waals surface area (Å²) in [5.74, 6) is 0.694. The van der Waals surface area contributed by atoms with Crippen molar-refractivity contribution >= 4 is 17.4 Å². The van der Waals surface area contributed by atoms with E-state index in [0.29, 0.717) is 24.4 Å². The lowest BCUT2D eigenvalue weighted by atomic mass is 10.1. The van der Waals surface area contributed by atoms with Crippen LogP contribution in [0.15, 0.2) is 0 Å². The number of anilines is 1. The number of aryl methyl sites for hydroxylation is 1. The molecule has 0 aliphatic carbocycles. The molecular formula is C8H13ClN4O. The van der Waals surface area contributed by atoms with E-state index in [1.807, 2.05) is 0 Å². The number of hydrogen-bond donors (Lipinski definition) is 3. The number of aliphatic hydroxyl groups excluding tert-OH is 1. The van der Waals surface area contributed by atoms with Gasteiger partial charge in [0.15, 0.2) is 0 Å². The lowest BCUT2D eigenvalue weighted by molar-refractivity contribution is 0.170. The summed E-state index contributed by atoms with van der Waals surface area (Å²) >= 11 is 5.83. The van der Waals surface area contributed by atoms with Gasteiger partial charge in [0.1, 0.15) is 16.8 Å². The van der Waals surface area contributed by atoms with Gasteiger partial charge in [-0.15, -0.1) is 0 Å². The Morgan fingerprint density at radius 3 is 2.64 bits per heavy atom. The average molecular weight is 217 g/mol. The summed E-state index contributed by atoms with van der Waals surface area (Å²) in [6.07, 6.45) is -0.413. The summed E-state index contributed by atoms with van der Waals surface area (Å²) in [5, 5.41) is 9.84. The molecule has 0 amide bonds. The van der Waals surface area contributed by atoms with E-state index in [1.54, 1.807) is 6.92 Å². The van der Waals surface area contributed by atoms with Crippen molar-refractivity contribution in [1.82, 2.24) is 9.97 Å². The van der Waals surface area contributed by atoms with Gasteiger partial charge in [0.2, 0.25) is 0 Å². The number of nitrogens with zero attached hydrogens (tertiary/aromatic N) is 2. The standard InChI is InChI=1S/C8H13ClN4O/c1-4-12-7(9)6(8(11)13-4)5(14)2-3-10/h5,14H,2-3,10H2,1H3,(H2,11,12,13). The number of aliphatic hydroxyl groups is 1. The number of hydrogen-bond acceptors (Lipinski definition) is 5. The lowest BCUT2D eigenvalue weighted by Crippen LogP contribution is -2.11. The van der Waals surface area contributed by atoms with E-state index >= 15 is 0 Å². The summed E-state index contributed by atoms with van der Waals surface area (Å²) in [4.78, 5) is 7.83. The molecule has 1 aromatic heterocycles. The zero-order valence-corrected chi connectivity index (χ0v) is 8.62. The van der Waals surface area contributed by atoms with E-state index in [-0.39, 0.29) is 11.0 Å². The van der Waals surface area contributed by atoms with Gasteiger partial charge in [-0.1, -0.05) is 11.6 Å². The first-order valence-corrected chi connectivity index (χ1v) is 4.61. The first-order chi connectivity index (χ1) is 6.56. The normalized spacial score (nSPS) is 12.9. The maximum Gasteiger partial charge on any atom is 0.140 e. The third-order valence-electron chi connectivity index (χ3n) is 1.81. The van der Waals surface area contributed by atoms with Gasteiger partial charge in [-0.2, -0.15) is 0 Å². The molecule has 78 valence electrons. The van der Waals surface area contributed by atoms with Crippen molar-refractivity contribution in [3.8, 4) is 0 Å².